The summed E-state index contributed by atoms with van der Waals surface area (Å²) in [5.74, 6) is 1.15. The first-order chi connectivity index (χ1) is 3.77. The van der Waals surface area contributed by atoms with Gasteiger partial charge in [-0.25, -0.2) is 0 Å². The molecule has 0 heterocycles. The Morgan fingerprint density at radius 1 is 1.62 bits per heavy atom. The molecule has 1 nitrogen and oxygen atoms in total. The van der Waals surface area contributed by atoms with Gasteiger partial charge in [-0.1, -0.05) is 0 Å². The fourth-order valence-electron chi connectivity index (χ4n) is 1.06. The van der Waals surface area contributed by atoms with Crippen LogP contribution in [0.4, 0.5) is 0 Å². The second kappa shape index (κ2) is 2.28. The molecule has 0 aliphatic heterocycles. The summed E-state index contributed by atoms with van der Waals surface area (Å²) < 4.78 is 0. The highest BCUT2D eigenvalue weighted by Gasteiger charge is 2.31. The van der Waals surface area contributed by atoms with Crippen LogP contribution in [0, 0.1) is 0 Å². The molecule has 1 aliphatic rings. The maximum Gasteiger partial charge on any atom is 0.0245 e. The summed E-state index contributed by atoms with van der Waals surface area (Å²) in [7, 11) is 0. The van der Waals surface area contributed by atoms with Crippen molar-refractivity contribution in [2.75, 3.05) is 12.0 Å². The van der Waals surface area contributed by atoms with E-state index in [0.717, 1.165) is 5.75 Å². The average molecular weight is 131 g/mol. The molecule has 1 fully saturated rings. The van der Waals surface area contributed by atoms with E-state index in [9.17, 15) is 0 Å². The Hall–Kier alpha value is 0.310. The molecular weight excluding hydrogens is 118 g/mol. The number of hydrogen-bond acceptors (Lipinski definition) is 2. The van der Waals surface area contributed by atoms with E-state index in [1.165, 1.54) is 19.3 Å². The molecule has 0 atom stereocenters. The third-order valence-electron chi connectivity index (χ3n) is 1.78. The summed E-state index contributed by atoms with van der Waals surface area (Å²) in [6.45, 7) is 0. The largest absolute Gasteiger partial charge is 0.324 e. The fourth-order valence-corrected chi connectivity index (χ4v) is 1.93. The van der Waals surface area contributed by atoms with Crippen molar-refractivity contribution in [3.63, 3.8) is 0 Å². The zero-order chi connectivity index (χ0) is 6.04. The lowest BCUT2D eigenvalue weighted by Gasteiger charge is -2.37. The minimum Gasteiger partial charge on any atom is -0.324 e. The zero-order valence-electron chi connectivity index (χ0n) is 5.31. The third kappa shape index (κ3) is 1.17. The monoisotopic (exact) mass is 131 g/mol. The first kappa shape index (κ1) is 6.43. The molecule has 1 saturated carbocycles. The average Bonchev–Trinajstić information content (AvgIpc) is 1.64. The van der Waals surface area contributed by atoms with Gasteiger partial charge in [-0.15, -0.1) is 0 Å². The molecule has 1 aliphatic carbocycles. The summed E-state index contributed by atoms with van der Waals surface area (Å²) in [6.07, 6.45) is 5.95. The highest BCUT2D eigenvalue weighted by atomic mass is 32.2. The quantitative estimate of drug-likeness (QED) is 0.610. The van der Waals surface area contributed by atoms with Gasteiger partial charge in [0, 0.05) is 11.3 Å². The summed E-state index contributed by atoms with van der Waals surface area (Å²) in [4.78, 5) is 0. The predicted molar refractivity (Wildman–Crippen MR) is 39.2 cm³/mol. The van der Waals surface area contributed by atoms with Crippen molar-refractivity contribution in [3.05, 3.63) is 0 Å². The molecular formula is C6H13NS. The van der Waals surface area contributed by atoms with Crippen LogP contribution in [0.15, 0.2) is 0 Å². The van der Waals surface area contributed by atoms with E-state index in [2.05, 4.69) is 6.26 Å². The van der Waals surface area contributed by atoms with Crippen LogP contribution in [0.3, 0.4) is 0 Å². The molecule has 0 aromatic heterocycles. The molecule has 0 radical (unpaired) electrons. The highest BCUT2D eigenvalue weighted by Crippen LogP contribution is 2.31. The normalized spacial score (nSPS) is 24.8. The SMILES string of the molecule is CSCC1(N)CCC1. The maximum atomic E-state index is 5.89. The molecule has 2 heteroatoms. The van der Waals surface area contributed by atoms with Crippen molar-refractivity contribution in [1.29, 1.82) is 0 Å². The van der Waals surface area contributed by atoms with Crippen LogP contribution >= 0.6 is 11.8 Å². The lowest BCUT2D eigenvalue weighted by Crippen LogP contribution is -2.48. The van der Waals surface area contributed by atoms with Crippen LogP contribution in [0.5, 0.6) is 0 Å². The zero-order valence-corrected chi connectivity index (χ0v) is 6.13. The minimum atomic E-state index is 0.236. The Morgan fingerprint density at radius 3 is 2.38 bits per heavy atom. The summed E-state index contributed by atoms with van der Waals surface area (Å²) in [6, 6.07) is 0. The topological polar surface area (TPSA) is 26.0 Å². The second-order valence-electron chi connectivity index (χ2n) is 2.65. The van der Waals surface area contributed by atoms with Crippen LogP contribution in [-0.4, -0.2) is 17.5 Å². The van der Waals surface area contributed by atoms with E-state index >= 15 is 0 Å². The van der Waals surface area contributed by atoms with Crippen LogP contribution in [0.25, 0.3) is 0 Å². The molecule has 0 spiro atoms. The maximum absolute atomic E-state index is 5.89. The lowest BCUT2D eigenvalue weighted by molar-refractivity contribution is 0.283. The van der Waals surface area contributed by atoms with Crippen molar-refractivity contribution >= 4 is 11.8 Å². The van der Waals surface area contributed by atoms with E-state index < -0.39 is 0 Å². The Balaban J connectivity index is 2.20. The molecule has 0 aromatic rings. The van der Waals surface area contributed by atoms with Crippen LogP contribution in [0.2, 0.25) is 0 Å². The highest BCUT2D eigenvalue weighted by molar-refractivity contribution is 7.98. The summed E-state index contributed by atoms with van der Waals surface area (Å²) in [5.41, 5.74) is 6.13. The van der Waals surface area contributed by atoms with Gasteiger partial charge in [0.15, 0.2) is 0 Å². The minimum absolute atomic E-state index is 0.236. The molecule has 1 rings (SSSR count). The molecule has 0 bridgehead atoms. The Kier molecular flexibility index (Phi) is 1.83. The standard InChI is InChI=1S/C6H13NS/c1-8-5-6(7)3-2-4-6/h2-5,7H2,1H3. The van der Waals surface area contributed by atoms with Crippen molar-refractivity contribution in [1.82, 2.24) is 0 Å². The first-order valence-electron chi connectivity index (χ1n) is 3.05. The number of nitrogens with two attached hydrogens (primary N) is 1. The first-order valence-corrected chi connectivity index (χ1v) is 4.44. The van der Waals surface area contributed by atoms with Crippen LogP contribution in [0.1, 0.15) is 19.3 Å². The fraction of sp³-hybridized carbons (Fsp3) is 1.00. The number of thioether (sulfide) groups is 1. The second-order valence-corrected chi connectivity index (χ2v) is 3.51. The molecule has 0 saturated heterocycles. The molecule has 8 heavy (non-hydrogen) atoms. The van der Waals surface area contributed by atoms with Crippen molar-refractivity contribution < 1.29 is 0 Å². The van der Waals surface area contributed by atoms with Crippen molar-refractivity contribution in [2.45, 2.75) is 24.8 Å². The summed E-state index contributed by atoms with van der Waals surface area (Å²) >= 11 is 1.86. The smallest absolute Gasteiger partial charge is 0.0245 e. The third-order valence-corrected chi connectivity index (χ3v) is 2.64. The Morgan fingerprint density at radius 2 is 2.25 bits per heavy atom. The number of rotatable bonds is 2. The van der Waals surface area contributed by atoms with E-state index in [1.807, 2.05) is 11.8 Å². The van der Waals surface area contributed by atoms with Gasteiger partial charge in [-0.2, -0.15) is 11.8 Å². The van der Waals surface area contributed by atoms with E-state index in [0.29, 0.717) is 0 Å². The lowest BCUT2D eigenvalue weighted by atomic mass is 9.79. The van der Waals surface area contributed by atoms with E-state index in [1.54, 1.807) is 0 Å². The molecule has 48 valence electrons. The molecule has 2 N–H and O–H groups in total. The van der Waals surface area contributed by atoms with Gasteiger partial charge in [-0.05, 0) is 25.5 Å². The van der Waals surface area contributed by atoms with Crippen LogP contribution in [-0.2, 0) is 0 Å². The van der Waals surface area contributed by atoms with E-state index in [-0.39, 0.29) is 5.54 Å². The Labute approximate surface area is 55.0 Å². The van der Waals surface area contributed by atoms with E-state index in [4.69, 9.17) is 5.73 Å². The summed E-state index contributed by atoms with van der Waals surface area (Å²) in [5, 5.41) is 0. The van der Waals surface area contributed by atoms with Crippen LogP contribution < -0.4 is 5.73 Å². The molecule has 0 unspecified atom stereocenters. The van der Waals surface area contributed by atoms with Gasteiger partial charge >= 0.3 is 0 Å². The predicted octanol–water partition coefficient (Wildman–Crippen LogP) is 1.23. The van der Waals surface area contributed by atoms with Gasteiger partial charge in [0.05, 0.1) is 0 Å². The van der Waals surface area contributed by atoms with Gasteiger partial charge in [0.25, 0.3) is 0 Å². The van der Waals surface area contributed by atoms with Crippen molar-refractivity contribution in [2.24, 2.45) is 5.73 Å². The van der Waals surface area contributed by atoms with Crippen molar-refractivity contribution in [3.8, 4) is 0 Å². The molecule has 0 aromatic carbocycles. The van der Waals surface area contributed by atoms with Gasteiger partial charge in [0.2, 0.25) is 0 Å². The van der Waals surface area contributed by atoms with Gasteiger partial charge in [0.1, 0.15) is 0 Å². The van der Waals surface area contributed by atoms with Gasteiger partial charge < -0.3 is 5.73 Å². The Bertz CT molecular complexity index is 78.6. The van der Waals surface area contributed by atoms with Gasteiger partial charge in [-0.3, -0.25) is 0 Å². The number of hydrogen-bond donors (Lipinski definition) is 1. The molecule has 0 amide bonds.